The first-order chi connectivity index (χ1) is 23.3. The Labute approximate surface area is 281 Å². The summed E-state index contributed by atoms with van der Waals surface area (Å²) in [6.45, 7) is 9.61. The Kier molecular flexibility index (Phi) is 6.20. The predicted molar refractivity (Wildman–Crippen MR) is 200 cm³/mol. The van der Waals surface area contributed by atoms with E-state index in [1.54, 1.807) is 0 Å². The molecule has 0 spiro atoms. The molecule has 1 aliphatic carbocycles. The van der Waals surface area contributed by atoms with Crippen molar-refractivity contribution in [2.45, 2.75) is 38.5 Å². The van der Waals surface area contributed by atoms with Gasteiger partial charge in [-0.3, -0.25) is 0 Å². The maximum absolute atomic E-state index is 5.07. The Bertz CT molecular complexity index is 2560. The fourth-order valence-corrected chi connectivity index (χ4v) is 7.77. The van der Waals surface area contributed by atoms with Crippen LogP contribution in [-0.2, 0) is 10.8 Å². The molecule has 7 aromatic carbocycles. The summed E-state index contributed by atoms with van der Waals surface area (Å²) in [5.41, 5.74) is 8.35. The second-order valence-electron chi connectivity index (χ2n) is 14.1. The molecule has 0 bridgehead atoms. The van der Waals surface area contributed by atoms with Crippen LogP contribution < -0.4 is 0 Å². The highest BCUT2D eigenvalue weighted by Crippen LogP contribution is 2.55. The fraction of sp³-hybridized carbons (Fsp3) is 0.133. The van der Waals surface area contributed by atoms with Crippen LogP contribution in [-0.4, -0.2) is 15.0 Å². The Hall–Kier alpha value is -5.67. The third-order valence-corrected chi connectivity index (χ3v) is 11.0. The van der Waals surface area contributed by atoms with Crippen molar-refractivity contribution in [1.82, 2.24) is 15.0 Å². The normalized spacial score (nSPS) is 14.6. The highest BCUT2D eigenvalue weighted by molar-refractivity contribution is 6.11. The van der Waals surface area contributed by atoms with Gasteiger partial charge in [0.2, 0.25) is 0 Å². The van der Waals surface area contributed by atoms with Crippen molar-refractivity contribution in [2.24, 2.45) is 0 Å². The lowest BCUT2D eigenvalue weighted by atomic mass is 9.55. The van der Waals surface area contributed by atoms with Crippen LogP contribution in [0.3, 0.4) is 0 Å². The lowest BCUT2D eigenvalue weighted by Gasteiger charge is -2.48. The lowest BCUT2D eigenvalue weighted by Crippen LogP contribution is -2.43. The van der Waals surface area contributed by atoms with Crippen molar-refractivity contribution >= 4 is 32.3 Å². The molecule has 9 rings (SSSR count). The number of aromatic nitrogens is 3. The average molecular weight is 618 g/mol. The van der Waals surface area contributed by atoms with Crippen molar-refractivity contribution in [3.05, 3.63) is 151 Å². The first kappa shape index (κ1) is 28.5. The number of rotatable bonds is 3. The second kappa shape index (κ2) is 10.4. The highest BCUT2D eigenvalue weighted by atomic mass is 15.0. The number of hydrogen-bond donors (Lipinski definition) is 0. The van der Waals surface area contributed by atoms with Gasteiger partial charge >= 0.3 is 0 Å². The van der Waals surface area contributed by atoms with E-state index in [-0.39, 0.29) is 10.8 Å². The fourth-order valence-electron chi connectivity index (χ4n) is 7.77. The van der Waals surface area contributed by atoms with Gasteiger partial charge in [-0.25, -0.2) is 15.0 Å². The molecule has 48 heavy (non-hydrogen) atoms. The third-order valence-electron chi connectivity index (χ3n) is 11.0. The van der Waals surface area contributed by atoms with Gasteiger partial charge in [-0.1, -0.05) is 155 Å². The summed E-state index contributed by atoms with van der Waals surface area (Å²) in [6.07, 6.45) is 0. The topological polar surface area (TPSA) is 38.7 Å². The summed E-state index contributed by atoms with van der Waals surface area (Å²) < 4.78 is 0. The molecule has 8 aromatic rings. The molecule has 0 unspecified atom stereocenters. The van der Waals surface area contributed by atoms with E-state index in [1.165, 1.54) is 49.2 Å². The van der Waals surface area contributed by atoms with Crippen molar-refractivity contribution < 1.29 is 0 Å². The minimum atomic E-state index is -0.0678. The van der Waals surface area contributed by atoms with Crippen molar-refractivity contribution in [1.29, 1.82) is 0 Å². The maximum atomic E-state index is 5.07. The first-order valence-electron chi connectivity index (χ1n) is 16.7. The van der Waals surface area contributed by atoms with E-state index in [0.717, 1.165) is 22.1 Å². The van der Waals surface area contributed by atoms with Crippen molar-refractivity contribution in [3.8, 4) is 45.3 Å². The van der Waals surface area contributed by atoms with E-state index in [1.807, 2.05) is 18.2 Å². The van der Waals surface area contributed by atoms with Crippen LogP contribution in [0, 0.1) is 0 Å². The third kappa shape index (κ3) is 4.24. The lowest BCUT2D eigenvalue weighted by molar-refractivity contribution is 0.301. The molecule has 0 saturated carbocycles. The number of nitrogens with zero attached hydrogens (tertiary/aromatic N) is 3. The SMILES string of the molecule is CC1(C)c2ccccc2-c2ccc3c(ccc4cc(-c5nc(-c6ccccc6)nc(-c6ccc7ccccc7c6)n5)ccc43)c2C1(C)C. The van der Waals surface area contributed by atoms with Crippen molar-refractivity contribution in [2.75, 3.05) is 0 Å². The molecule has 3 heteroatoms. The molecule has 0 atom stereocenters. The van der Waals surface area contributed by atoms with Crippen LogP contribution in [0.25, 0.3) is 77.6 Å². The Morgan fingerprint density at radius 3 is 1.71 bits per heavy atom. The van der Waals surface area contributed by atoms with Gasteiger partial charge in [0.05, 0.1) is 0 Å². The van der Waals surface area contributed by atoms with Gasteiger partial charge < -0.3 is 0 Å². The van der Waals surface area contributed by atoms with Crippen LogP contribution in [0.1, 0.15) is 38.8 Å². The van der Waals surface area contributed by atoms with E-state index in [0.29, 0.717) is 17.5 Å². The van der Waals surface area contributed by atoms with Crippen LogP contribution in [0.15, 0.2) is 140 Å². The smallest absolute Gasteiger partial charge is 0.164 e. The van der Waals surface area contributed by atoms with E-state index in [9.17, 15) is 0 Å². The molecule has 1 aromatic heterocycles. The molecule has 0 amide bonds. The minimum absolute atomic E-state index is 0.0262. The monoisotopic (exact) mass is 617 g/mol. The first-order valence-corrected chi connectivity index (χ1v) is 16.7. The van der Waals surface area contributed by atoms with Crippen molar-refractivity contribution in [3.63, 3.8) is 0 Å². The van der Waals surface area contributed by atoms with Crippen LogP contribution in [0.5, 0.6) is 0 Å². The summed E-state index contributed by atoms with van der Waals surface area (Å²) in [7, 11) is 0. The molecule has 1 heterocycles. The van der Waals surface area contributed by atoms with Crippen LogP contribution in [0.2, 0.25) is 0 Å². The number of hydrogen-bond acceptors (Lipinski definition) is 3. The predicted octanol–water partition coefficient (Wildman–Crippen LogP) is 11.6. The molecule has 230 valence electrons. The average Bonchev–Trinajstić information content (AvgIpc) is 3.13. The quantitative estimate of drug-likeness (QED) is 0.185. The standard InChI is InChI=1S/C45H35N3/c1-44(2)39-17-11-10-16-36(39)38-25-24-35-34-22-21-33(27-31(34)20-23-37(35)40(38)45(44,3)4)43-47-41(29-13-6-5-7-14-29)46-42(48-43)32-19-18-28-12-8-9-15-30(28)26-32/h5-27H,1-4H3. The highest BCUT2D eigenvalue weighted by Gasteiger charge is 2.46. The van der Waals surface area contributed by atoms with Gasteiger partial charge in [0, 0.05) is 22.1 Å². The van der Waals surface area contributed by atoms with Gasteiger partial charge in [0.25, 0.3) is 0 Å². The van der Waals surface area contributed by atoms with Gasteiger partial charge in [-0.2, -0.15) is 0 Å². The maximum Gasteiger partial charge on any atom is 0.164 e. The van der Waals surface area contributed by atoms with E-state index >= 15 is 0 Å². The zero-order chi connectivity index (χ0) is 32.6. The Balaban J connectivity index is 1.22. The van der Waals surface area contributed by atoms with E-state index in [4.69, 9.17) is 15.0 Å². The molecular weight excluding hydrogens is 583 g/mol. The Morgan fingerprint density at radius 1 is 0.375 bits per heavy atom. The molecular formula is C45H35N3. The zero-order valence-corrected chi connectivity index (χ0v) is 27.6. The molecule has 0 radical (unpaired) electrons. The van der Waals surface area contributed by atoms with Gasteiger partial charge in [-0.15, -0.1) is 0 Å². The van der Waals surface area contributed by atoms with E-state index in [2.05, 4.69) is 149 Å². The molecule has 1 aliphatic rings. The van der Waals surface area contributed by atoms with Crippen LogP contribution in [0.4, 0.5) is 0 Å². The zero-order valence-electron chi connectivity index (χ0n) is 27.6. The molecule has 0 fully saturated rings. The largest absolute Gasteiger partial charge is 0.208 e. The van der Waals surface area contributed by atoms with E-state index < -0.39 is 0 Å². The summed E-state index contributed by atoms with van der Waals surface area (Å²) in [4.78, 5) is 15.1. The second-order valence-corrected chi connectivity index (χ2v) is 14.1. The molecule has 0 N–H and O–H groups in total. The Morgan fingerprint density at radius 2 is 0.938 bits per heavy atom. The summed E-state index contributed by atoms with van der Waals surface area (Å²) in [5.74, 6) is 2.00. The summed E-state index contributed by atoms with van der Waals surface area (Å²) in [5, 5.41) is 7.36. The molecule has 0 saturated heterocycles. The minimum Gasteiger partial charge on any atom is -0.208 e. The van der Waals surface area contributed by atoms with Gasteiger partial charge in [0.15, 0.2) is 17.5 Å². The summed E-state index contributed by atoms with van der Waals surface area (Å²) in [6, 6.07) is 49.8. The molecule has 0 aliphatic heterocycles. The number of benzene rings is 7. The molecule has 3 nitrogen and oxygen atoms in total. The van der Waals surface area contributed by atoms with Gasteiger partial charge in [-0.05, 0) is 72.1 Å². The van der Waals surface area contributed by atoms with Gasteiger partial charge in [0.1, 0.15) is 0 Å². The summed E-state index contributed by atoms with van der Waals surface area (Å²) >= 11 is 0. The number of fused-ring (bicyclic) bond motifs is 8. The van der Waals surface area contributed by atoms with Crippen LogP contribution >= 0.6 is 0 Å².